The molecule has 0 saturated heterocycles. The maximum Gasteiger partial charge on any atom is 0.341 e. The van der Waals surface area contributed by atoms with E-state index in [1.807, 2.05) is 24.3 Å². The molecule has 5 rings (SSSR count). The first-order valence-corrected chi connectivity index (χ1v) is 10.7. The number of aromatic amines is 1. The van der Waals surface area contributed by atoms with Gasteiger partial charge in [0.2, 0.25) is 0 Å². The number of halogens is 2. The molecule has 1 fully saturated rings. The molecule has 1 saturated carbocycles. The Morgan fingerprint density at radius 3 is 2.59 bits per heavy atom. The van der Waals surface area contributed by atoms with Crippen molar-refractivity contribution in [1.29, 1.82) is 0 Å². The number of nitrogens with one attached hydrogen (secondary N) is 1. The molecule has 1 aliphatic carbocycles. The van der Waals surface area contributed by atoms with Crippen molar-refractivity contribution in [2.75, 3.05) is 13.2 Å². The molecular weight excluding hydrogens is 414 g/mol. The second-order valence-corrected chi connectivity index (χ2v) is 8.38. The molecule has 1 aromatic heterocycles. The van der Waals surface area contributed by atoms with Crippen LogP contribution in [0.3, 0.4) is 0 Å². The van der Waals surface area contributed by atoms with Crippen LogP contribution >= 0.6 is 0 Å². The van der Waals surface area contributed by atoms with Crippen molar-refractivity contribution in [3.8, 4) is 0 Å². The van der Waals surface area contributed by atoms with Gasteiger partial charge in [-0.2, -0.15) is 0 Å². The van der Waals surface area contributed by atoms with Gasteiger partial charge in [-0.3, -0.25) is 4.79 Å². The van der Waals surface area contributed by atoms with Gasteiger partial charge < -0.3 is 14.6 Å². The van der Waals surface area contributed by atoms with Crippen molar-refractivity contribution in [2.24, 2.45) is 0 Å². The number of fused-ring (bicyclic) bond motifs is 4. The van der Waals surface area contributed by atoms with E-state index in [1.165, 1.54) is 17.2 Å². The third-order valence-electron chi connectivity index (χ3n) is 6.50. The van der Waals surface area contributed by atoms with E-state index in [4.69, 9.17) is 4.74 Å². The van der Waals surface area contributed by atoms with Crippen molar-refractivity contribution in [3.05, 3.63) is 77.1 Å². The Labute approximate surface area is 183 Å². The molecule has 0 radical (unpaired) electrons. The summed E-state index contributed by atoms with van der Waals surface area (Å²) in [5.41, 5.74) is 2.52. The van der Waals surface area contributed by atoms with E-state index in [9.17, 15) is 18.4 Å². The monoisotopic (exact) mass is 436 g/mol. The van der Waals surface area contributed by atoms with E-state index in [2.05, 4.69) is 4.98 Å². The summed E-state index contributed by atoms with van der Waals surface area (Å²) in [6, 6.07) is 10.9. The molecule has 5 nitrogen and oxygen atoms in total. The molecule has 0 atom stereocenters. The summed E-state index contributed by atoms with van der Waals surface area (Å²) in [6.45, 7) is 2.25. The molecule has 2 heterocycles. The molecule has 1 amide bonds. The average molecular weight is 436 g/mol. The maximum atomic E-state index is 13.8. The first-order chi connectivity index (χ1) is 15.4. The third kappa shape index (κ3) is 3.11. The molecule has 1 aliphatic heterocycles. The summed E-state index contributed by atoms with van der Waals surface area (Å²) in [7, 11) is 0. The van der Waals surface area contributed by atoms with Gasteiger partial charge in [-0.1, -0.05) is 24.6 Å². The number of aromatic nitrogens is 1. The lowest BCUT2D eigenvalue weighted by Crippen LogP contribution is -2.45. The summed E-state index contributed by atoms with van der Waals surface area (Å²) < 4.78 is 32.5. The number of para-hydroxylation sites is 1. The predicted molar refractivity (Wildman–Crippen MR) is 116 cm³/mol. The van der Waals surface area contributed by atoms with Gasteiger partial charge in [-0.05, 0) is 49.6 Å². The first kappa shape index (κ1) is 20.4. The van der Waals surface area contributed by atoms with E-state index in [0.29, 0.717) is 12.2 Å². The molecule has 2 aromatic carbocycles. The highest BCUT2D eigenvalue weighted by Gasteiger charge is 2.47. The Morgan fingerprint density at radius 1 is 1.12 bits per heavy atom. The molecule has 1 N–H and O–H groups in total. The Bertz CT molecular complexity index is 1270. The number of esters is 1. The summed E-state index contributed by atoms with van der Waals surface area (Å²) in [6.07, 6.45) is 4.20. The summed E-state index contributed by atoms with van der Waals surface area (Å²) in [4.78, 5) is 31.1. The zero-order valence-corrected chi connectivity index (χ0v) is 17.6. The van der Waals surface area contributed by atoms with Crippen molar-refractivity contribution in [1.82, 2.24) is 9.88 Å². The number of rotatable bonds is 3. The minimum atomic E-state index is -1.09. The predicted octanol–water partition coefficient (Wildman–Crippen LogP) is 4.93. The Morgan fingerprint density at radius 2 is 1.91 bits per heavy atom. The maximum absolute atomic E-state index is 13.8. The number of hydrogen-bond donors (Lipinski definition) is 1. The van der Waals surface area contributed by atoms with Crippen molar-refractivity contribution < 1.29 is 23.1 Å². The lowest BCUT2D eigenvalue weighted by Gasteiger charge is -2.44. The highest BCUT2D eigenvalue weighted by molar-refractivity contribution is 6.18. The number of nitrogens with zero attached hydrogens (tertiary/aromatic N) is 1. The van der Waals surface area contributed by atoms with Crippen LogP contribution in [0.2, 0.25) is 0 Å². The number of benzene rings is 2. The van der Waals surface area contributed by atoms with Gasteiger partial charge in [-0.25, -0.2) is 13.6 Å². The van der Waals surface area contributed by atoms with Crippen LogP contribution in [0.25, 0.3) is 16.5 Å². The minimum absolute atomic E-state index is 0.0215. The second kappa shape index (κ2) is 7.58. The number of hydrogen-bond acceptors (Lipinski definition) is 3. The third-order valence-corrected chi connectivity index (χ3v) is 6.50. The second-order valence-electron chi connectivity index (χ2n) is 8.38. The van der Waals surface area contributed by atoms with Crippen molar-refractivity contribution in [2.45, 2.75) is 31.6 Å². The number of carbonyl (C=O) groups excluding carboxylic acids is 2. The van der Waals surface area contributed by atoms with Gasteiger partial charge in [0, 0.05) is 34.6 Å². The van der Waals surface area contributed by atoms with E-state index >= 15 is 0 Å². The van der Waals surface area contributed by atoms with Gasteiger partial charge >= 0.3 is 5.97 Å². The SMILES string of the molecule is CCOC(=O)C1=CN(C(=O)c2ccc(F)c(F)c2)CC2(CCC2)c2c1[nH]c1ccccc21. The van der Waals surface area contributed by atoms with Crippen LogP contribution in [0.5, 0.6) is 0 Å². The number of carbonyl (C=O) groups is 2. The molecule has 164 valence electrons. The minimum Gasteiger partial charge on any atom is -0.462 e. The summed E-state index contributed by atoms with van der Waals surface area (Å²) in [5.74, 6) is -3.14. The van der Waals surface area contributed by atoms with Crippen molar-refractivity contribution in [3.63, 3.8) is 0 Å². The highest BCUT2D eigenvalue weighted by Crippen LogP contribution is 2.51. The number of amides is 1. The molecule has 3 aromatic rings. The van der Waals surface area contributed by atoms with Gasteiger partial charge in [-0.15, -0.1) is 0 Å². The number of ether oxygens (including phenoxy) is 1. The molecule has 2 aliphatic rings. The zero-order valence-electron chi connectivity index (χ0n) is 17.6. The largest absolute Gasteiger partial charge is 0.462 e. The normalized spacial score (nSPS) is 16.8. The fraction of sp³-hybridized carbons (Fsp3) is 0.280. The lowest BCUT2D eigenvalue weighted by molar-refractivity contribution is -0.136. The average Bonchev–Trinajstić information content (AvgIpc) is 3.06. The Kier molecular flexibility index (Phi) is 4.84. The fourth-order valence-electron chi connectivity index (χ4n) is 4.87. The summed E-state index contributed by atoms with van der Waals surface area (Å²) >= 11 is 0. The fourth-order valence-corrected chi connectivity index (χ4v) is 4.87. The van der Waals surface area contributed by atoms with Crippen LogP contribution in [-0.4, -0.2) is 34.9 Å². The van der Waals surface area contributed by atoms with E-state index in [-0.39, 0.29) is 23.2 Å². The van der Waals surface area contributed by atoms with Crippen LogP contribution in [-0.2, 0) is 14.9 Å². The zero-order chi connectivity index (χ0) is 22.5. The van der Waals surface area contributed by atoms with Crippen LogP contribution < -0.4 is 0 Å². The number of H-pyrrole nitrogens is 1. The summed E-state index contributed by atoms with van der Waals surface area (Å²) in [5, 5.41) is 1.01. The standard InChI is InChI=1S/C25H22F2N2O3/c1-2-32-24(31)17-13-29(23(30)15-8-9-18(26)19(27)12-15)14-25(10-5-11-25)21-16-6-3-4-7-20(16)28-22(17)21/h3-4,6-9,12-13,28H,2,5,10-11,14H2,1H3. The van der Waals surface area contributed by atoms with Gasteiger partial charge in [0.05, 0.1) is 17.9 Å². The van der Waals surface area contributed by atoms with Crippen LogP contribution in [0, 0.1) is 11.6 Å². The molecule has 0 bridgehead atoms. The molecule has 0 unspecified atom stereocenters. The van der Waals surface area contributed by atoms with Crippen LogP contribution in [0.1, 0.15) is 47.8 Å². The molecule has 32 heavy (non-hydrogen) atoms. The Hall–Kier alpha value is -3.48. The van der Waals surface area contributed by atoms with Crippen molar-refractivity contribution >= 4 is 28.4 Å². The van der Waals surface area contributed by atoms with Crippen LogP contribution in [0.15, 0.2) is 48.7 Å². The Balaban J connectivity index is 1.68. The van der Waals surface area contributed by atoms with Gasteiger partial charge in [0.25, 0.3) is 5.91 Å². The lowest BCUT2D eigenvalue weighted by atomic mass is 9.63. The quantitative estimate of drug-likeness (QED) is 0.593. The van der Waals surface area contributed by atoms with E-state index in [0.717, 1.165) is 47.9 Å². The smallest absolute Gasteiger partial charge is 0.341 e. The van der Waals surface area contributed by atoms with Gasteiger partial charge in [0.15, 0.2) is 11.6 Å². The highest BCUT2D eigenvalue weighted by atomic mass is 19.2. The van der Waals surface area contributed by atoms with E-state index < -0.39 is 23.5 Å². The topological polar surface area (TPSA) is 62.4 Å². The van der Waals surface area contributed by atoms with Gasteiger partial charge in [0.1, 0.15) is 0 Å². The first-order valence-electron chi connectivity index (χ1n) is 10.7. The molecule has 1 spiro atoms. The molecular formula is C25H22F2N2O3. The molecule has 7 heteroatoms. The van der Waals surface area contributed by atoms with Crippen LogP contribution in [0.4, 0.5) is 8.78 Å². The van der Waals surface area contributed by atoms with E-state index in [1.54, 1.807) is 6.92 Å².